The molecule has 0 aromatic heterocycles. The van der Waals surface area contributed by atoms with Crippen LogP contribution in [0.15, 0.2) is 59.8 Å². The summed E-state index contributed by atoms with van der Waals surface area (Å²) in [6, 6.07) is 14.8. The summed E-state index contributed by atoms with van der Waals surface area (Å²) in [5.41, 5.74) is 2.88. The molecular formula is C21H19ClN2O2S. The van der Waals surface area contributed by atoms with E-state index in [0.29, 0.717) is 16.6 Å². The zero-order valence-corrected chi connectivity index (χ0v) is 16.4. The molecule has 1 aliphatic carbocycles. The first-order valence-corrected chi connectivity index (χ1v) is 9.65. The number of rotatable bonds is 3. The summed E-state index contributed by atoms with van der Waals surface area (Å²) >= 11 is 11.4. The van der Waals surface area contributed by atoms with Crippen LogP contribution < -0.4 is 10.1 Å². The van der Waals surface area contributed by atoms with Crippen LogP contribution in [0.1, 0.15) is 30.9 Å². The van der Waals surface area contributed by atoms with Gasteiger partial charge in [-0.15, -0.1) is 0 Å². The summed E-state index contributed by atoms with van der Waals surface area (Å²) in [4.78, 5) is 14.5. The fourth-order valence-electron chi connectivity index (χ4n) is 3.55. The molecule has 2 aromatic rings. The first-order chi connectivity index (χ1) is 13.0. The van der Waals surface area contributed by atoms with Gasteiger partial charge in [0.25, 0.3) is 0 Å². The zero-order valence-electron chi connectivity index (χ0n) is 14.9. The molecule has 0 radical (unpaired) electrons. The molecule has 4 rings (SSSR count). The van der Waals surface area contributed by atoms with E-state index in [4.69, 9.17) is 28.6 Å². The van der Waals surface area contributed by atoms with Gasteiger partial charge in [-0.1, -0.05) is 23.7 Å². The zero-order chi connectivity index (χ0) is 19.0. The lowest BCUT2D eigenvalue weighted by molar-refractivity contribution is -0.116. The molecule has 27 heavy (non-hydrogen) atoms. The highest BCUT2D eigenvalue weighted by Crippen LogP contribution is 2.37. The average molecular weight is 399 g/mol. The maximum atomic E-state index is 12.6. The number of benzene rings is 2. The van der Waals surface area contributed by atoms with E-state index in [-0.39, 0.29) is 11.8 Å². The summed E-state index contributed by atoms with van der Waals surface area (Å²) in [5.74, 6) is 1.64. The van der Waals surface area contributed by atoms with Gasteiger partial charge >= 0.3 is 0 Å². The lowest BCUT2D eigenvalue weighted by Gasteiger charge is -2.39. The Balaban J connectivity index is 1.61. The highest BCUT2D eigenvalue weighted by atomic mass is 35.5. The molecule has 0 bridgehead atoms. The summed E-state index contributed by atoms with van der Waals surface area (Å²) in [5, 5.41) is 4.63. The number of hydrogen-bond acceptors (Lipinski definition) is 3. The Kier molecular flexibility index (Phi) is 4.89. The Labute approximate surface area is 168 Å². The van der Waals surface area contributed by atoms with Crippen LogP contribution in [-0.4, -0.2) is 22.8 Å². The SMILES string of the molecule is CN1C(=S)NC(c2ccc(Oc3ccc(Cl)cc3)cc2)C2=C1CCCC2=O. The van der Waals surface area contributed by atoms with Gasteiger partial charge in [-0.25, -0.2) is 0 Å². The number of ether oxygens (including phenoxy) is 1. The van der Waals surface area contributed by atoms with Crippen LogP contribution in [0.4, 0.5) is 0 Å². The third-order valence-corrected chi connectivity index (χ3v) is 5.60. The fourth-order valence-corrected chi connectivity index (χ4v) is 3.91. The predicted octanol–water partition coefficient (Wildman–Crippen LogP) is 5.00. The number of carbonyl (C=O) groups is 1. The molecule has 1 unspecified atom stereocenters. The molecule has 0 spiro atoms. The van der Waals surface area contributed by atoms with Crippen molar-refractivity contribution in [2.24, 2.45) is 0 Å². The minimum atomic E-state index is -0.207. The molecule has 2 aliphatic rings. The van der Waals surface area contributed by atoms with Gasteiger partial charge in [0.1, 0.15) is 11.5 Å². The minimum absolute atomic E-state index is 0.199. The quantitative estimate of drug-likeness (QED) is 0.737. The smallest absolute Gasteiger partial charge is 0.173 e. The number of hydrogen-bond donors (Lipinski definition) is 1. The second kappa shape index (κ2) is 7.33. The molecule has 1 heterocycles. The van der Waals surface area contributed by atoms with Crippen LogP contribution in [0.2, 0.25) is 5.02 Å². The summed E-state index contributed by atoms with van der Waals surface area (Å²) in [6.07, 6.45) is 2.36. The van der Waals surface area contributed by atoms with Crippen molar-refractivity contribution in [2.45, 2.75) is 25.3 Å². The number of nitrogens with zero attached hydrogens (tertiary/aromatic N) is 1. The molecule has 0 amide bonds. The molecule has 0 fully saturated rings. The molecule has 1 aliphatic heterocycles. The number of halogens is 1. The van der Waals surface area contributed by atoms with Crippen molar-refractivity contribution in [3.8, 4) is 11.5 Å². The predicted molar refractivity (Wildman–Crippen MR) is 110 cm³/mol. The third kappa shape index (κ3) is 3.57. The monoisotopic (exact) mass is 398 g/mol. The lowest BCUT2D eigenvalue weighted by atomic mass is 9.85. The van der Waals surface area contributed by atoms with Gasteiger partial charge in [0.15, 0.2) is 10.9 Å². The number of carbonyl (C=O) groups excluding carboxylic acids is 1. The van der Waals surface area contributed by atoms with Gasteiger partial charge in [0.2, 0.25) is 0 Å². The minimum Gasteiger partial charge on any atom is -0.457 e. The van der Waals surface area contributed by atoms with Crippen LogP contribution in [0.25, 0.3) is 0 Å². The molecule has 4 nitrogen and oxygen atoms in total. The molecule has 1 N–H and O–H groups in total. The van der Waals surface area contributed by atoms with Gasteiger partial charge in [-0.3, -0.25) is 4.79 Å². The topological polar surface area (TPSA) is 41.6 Å². The van der Waals surface area contributed by atoms with Crippen molar-refractivity contribution in [3.63, 3.8) is 0 Å². The van der Waals surface area contributed by atoms with Crippen LogP contribution >= 0.6 is 23.8 Å². The number of thiocarbonyl (C=S) groups is 1. The van der Waals surface area contributed by atoms with Gasteiger partial charge in [-0.05, 0) is 67.0 Å². The van der Waals surface area contributed by atoms with Gasteiger partial charge in [0, 0.05) is 29.8 Å². The lowest BCUT2D eigenvalue weighted by Crippen LogP contribution is -2.47. The van der Waals surface area contributed by atoms with Crippen LogP contribution in [-0.2, 0) is 4.79 Å². The Morgan fingerprint density at radius 1 is 1.07 bits per heavy atom. The average Bonchev–Trinajstić information content (AvgIpc) is 2.67. The third-order valence-electron chi connectivity index (χ3n) is 4.96. The molecule has 0 saturated heterocycles. The summed E-state index contributed by atoms with van der Waals surface area (Å²) in [7, 11) is 1.92. The van der Waals surface area contributed by atoms with Crippen molar-refractivity contribution in [2.75, 3.05) is 7.05 Å². The van der Waals surface area contributed by atoms with Gasteiger partial charge in [-0.2, -0.15) is 0 Å². The van der Waals surface area contributed by atoms with Crippen molar-refractivity contribution in [1.29, 1.82) is 0 Å². The number of allylic oxidation sites excluding steroid dienone is 1. The van der Waals surface area contributed by atoms with Crippen LogP contribution in [0.3, 0.4) is 0 Å². The first-order valence-electron chi connectivity index (χ1n) is 8.87. The van der Waals surface area contributed by atoms with E-state index in [1.165, 1.54) is 0 Å². The van der Waals surface area contributed by atoms with E-state index in [2.05, 4.69) is 5.32 Å². The van der Waals surface area contributed by atoms with Gasteiger partial charge < -0.3 is 15.0 Å². The Morgan fingerprint density at radius 3 is 2.37 bits per heavy atom. The Hall–Kier alpha value is -2.37. The van der Waals surface area contributed by atoms with E-state index in [1.807, 2.05) is 48.3 Å². The van der Waals surface area contributed by atoms with Crippen molar-refractivity contribution < 1.29 is 9.53 Å². The summed E-state index contributed by atoms with van der Waals surface area (Å²) < 4.78 is 5.85. The van der Waals surface area contributed by atoms with E-state index in [1.54, 1.807) is 12.1 Å². The highest BCUT2D eigenvalue weighted by Gasteiger charge is 2.35. The first kappa shape index (κ1) is 18.0. The second-order valence-electron chi connectivity index (χ2n) is 6.70. The highest BCUT2D eigenvalue weighted by molar-refractivity contribution is 7.80. The summed E-state index contributed by atoms with van der Waals surface area (Å²) in [6.45, 7) is 0. The van der Waals surface area contributed by atoms with Crippen LogP contribution in [0, 0.1) is 0 Å². The van der Waals surface area contributed by atoms with E-state index >= 15 is 0 Å². The van der Waals surface area contributed by atoms with Crippen molar-refractivity contribution in [3.05, 3.63) is 70.4 Å². The number of nitrogens with one attached hydrogen (secondary N) is 1. The maximum absolute atomic E-state index is 12.6. The molecule has 1 atom stereocenters. The van der Waals surface area contributed by atoms with Crippen molar-refractivity contribution >= 4 is 34.7 Å². The Morgan fingerprint density at radius 2 is 1.70 bits per heavy atom. The van der Waals surface area contributed by atoms with E-state index < -0.39 is 0 Å². The molecule has 0 saturated carbocycles. The number of Topliss-reactive ketones (excluding diaryl/α,β-unsaturated/α-hetero) is 1. The van der Waals surface area contributed by atoms with Gasteiger partial charge in [0.05, 0.1) is 6.04 Å². The number of ketones is 1. The maximum Gasteiger partial charge on any atom is 0.173 e. The molecule has 2 aromatic carbocycles. The molecular weight excluding hydrogens is 380 g/mol. The van der Waals surface area contributed by atoms with Crippen molar-refractivity contribution in [1.82, 2.24) is 10.2 Å². The van der Waals surface area contributed by atoms with E-state index in [9.17, 15) is 4.79 Å². The molecule has 6 heteroatoms. The fraction of sp³-hybridized carbons (Fsp3) is 0.238. The standard InChI is InChI=1S/C21H19ClN2O2S/c1-24-17-3-2-4-18(25)19(17)20(23-21(24)27)13-5-9-15(10-6-13)26-16-11-7-14(22)8-12-16/h5-12,20H,2-4H2,1H3,(H,23,27). The molecule has 138 valence electrons. The Bertz CT molecular complexity index is 922. The van der Waals surface area contributed by atoms with E-state index in [0.717, 1.165) is 41.2 Å². The second-order valence-corrected chi connectivity index (χ2v) is 7.53. The normalized spacial score (nSPS) is 19.6. The van der Waals surface area contributed by atoms with Crippen LogP contribution in [0.5, 0.6) is 11.5 Å². The largest absolute Gasteiger partial charge is 0.457 e.